The fraction of sp³-hybridized carbons (Fsp3) is 0.389. The minimum absolute atomic E-state index is 0.0870. The zero-order chi connectivity index (χ0) is 19.4. The molecule has 9 nitrogen and oxygen atoms in total. The summed E-state index contributed by atoms with van der Waals surface area (Å²) in [5, 5.41) is 0. The molecule has 0 bridgehead atoms. The number of esters is 1. The van der Waals surface area contributed by atoms with E-state index in [1.807, 2.05) is 30.3 Å². The van der Waals surface area contributed by atoms with Gasteiger partial charge in [0.1, 0.15) is 12.6 Å². The van der Waals surface area contributed by atoms with Crippen LogP contribution in [-0.4, -0.2) is 41.1 Å². The number of aromatic nitrogens is 2. The Labute approximate surface area is 154 Å². The number of ether oxygens (including phenoxy) is 3. The van der Waals surface area contributed by atoms with Crippen LogP contribution in [0.4, 0.5) is 0 Å². The van der Waals surface area contributed by atoms with Gasteiger partial charge in [-0.05, 0) is 18.9 Å². The SMILES string of the molecule is Cc1cn([C@H]2CO[C@@H](COC(=O)[C@@H](N)Cc3ccccc3)O2)c(=O)[nH]c1=O. The van der Waals surface area contributed by atoms with Crippen molar-refractivity contribution in [2.24, 2.45) is 5.73 Å². The Bertz CT molecular complexity index is 907. The van der Waals surface area contributed by atoms with Gasteiger partial charge in [0.15, 0.2) is 12.5 Å². The van der Waals surface area contributed by atoms with Crippen molar-refractivity contribution in [3.8, 4) is 0 Å². The van der Waals surface area contributed by atoms with Crippen molar-refractivity contribution in [3.05, 3.63) is 68.5 Å². The molecule has 1 aromatic heterocycles. The molecule has 0 saturated carbocycles. The number of rotatable bonds is 6. The third-order valence-corrected chi connectivity index (χ3v) is 4.15. The molecule has 2 aromatic rings. The summed E-state index contributed by atoms with van der Waals surface area (Å²) in [6.45, 7) is 1.52. The van der Waals surface area contributed by atoms with Gasteiger partial charge in [-0.2, -0.15) is 0 Å². The number of nitrogens with two attached hydrogens (primary N) is 1. The summed E-state index contributed by atoms with van der Waals surface area (Å²) in [4.78, 5) is 37.6. The third-order valence-electron chi connectivity index (χ3n) is 4.15. The standard InChI is InChI=1S/C18H21N3O6/c1-11-8-21(18(24)20-16(11)22)14-9-25-15(27-14)10-26-17(23)13(19)7-12-5-3-2-4-6-12/h2-6,8,13-15H,7,9-10,19H2,1H3,(H,20,22,24)/t13-,14+,15+/m0/s1. The Kier molecular flexibility index (Phi) is 5.84. The number of hydrogen-bond acceptors (Lipinski definition) is 7. The van der Waals surface area contributed by atoms with Crippen molar-refractivity contribution in [2.75, 3.05) is 13.2 Å². The first-order valence-corrected chi connectivity index (χ1v) is 8.49. The van der Waals surface area contributed by atoms with E-state index in [9.17, 15) is 14.4 Å². The normalized spacial score (nSPS) is 20.4. The predicted molar refractivity (Wildman–Crippen MR) is 95.0 cm³/mol. The summed E-state index contributed by atoms with van der Waals surface area (Å²) in [6, 6.07) is 8.58. The number of carbonyl (C=O) groups is 1. The second-order valence-corrected chi connectivity index (χ2v) is 6.26. The molecule has 0 unspecified atom stereocenters. The molecule has 1 aliphatic heterocycles. The Balaban J connectivity index is 1.51. The van der Waals surface area contributed by atoms with Gasteiger partial charge in [-0.15, -0.1) is 0 Å². The fourth-order valence-corrected chi connectivity index (χ4v) is 2.69. The van der Waals surface area contributed by atoms with E-state index in [2.05, 4.69) is 4.98 Å². The molecule has 144 valence electrons. The molecule has 0 amide bonds. The van der Waals surface area contributed by atoms with E-state index >= 15 is 0 Å². The Hall–Kier alpha value is -2.75. The molecule has 3 rings (SSSR count). The van der Waals surface area contributed by atoms with Gasteiger partial charge in [-0.1, -0.05) is 30.3 Å². The maximum absolute atomic E-state index is 12.0. The lowest BCUT2D eigenvalue weighted by molar-refractivity contribution is -0.160. The number of aromatic amines is 1. The molecular weight excluding hydrogens is 354 g/mol. The minimum Gasteiger partial charge on any atom is -0.459 e. The van der Waals surface area contributed by atoms with Crippen molar-refractivity contribution in [3.63, 3.8) is 0 Å². The van der Waals surface area contributed by atoms with Gasteiger partial charge in [-0.3, -0.25) is 19.1 Å². The summed E-state index contributed by atoms with van der Waals surface area (Å²) in [5.41, 5.74) is 6.13. The smallest absolute Gasteiger partial charge is 0.330 e. The monoisotopic (exact) mass is 375 g/mol. The molecule has 1 fully saturated rings. The molecule has 2 heterocycles. The number of H-pyrrole nitrogens is 1. The predicted octanol–water partition coefficient (Wildman–Crippen LogP) is -0.170. The van der Waals surface area contributed by atoms with E-state index in [-0.39, 0.29) is 13.2 Å². The first-order chi connectivity index (χ1) is 12.9. The zero-order valence-corrected chi connectivity index (χ0v) is 14.8. The number of nitrogens with one attached hydrogen (secondary N) is 1. The van der Waals surface area contributed by atoms with Crippen molar-refractivity contribution < 1.29 is 19.0 Å². The summed E-state index contributed by atoms with van der Waals surface area (Å²) >= 11 is 0. The molecular formula is C18H21N3O6. The van der Waals surface area contributed by atoms with Crippen LogP contribution in [0, 0.1) is 6.92 Å². The molecule has 3 N–H and O–H groups in total. The molecule has 3 atom stereocenters. The lowest BCUT2D eigenvalue weighted by atomic mass is 10.1. The van der Waals surface area contributed by atoms with Crippen LogP contribution in [0.15, 0.2) is 46.1 Å². The minimum atomic E-state index is -0.818. The van der Waals surface area contributed by atoms with Crippen molar-refractivity contribution >= 4 is 5.97 Å². The lowest BCUT2D eigenvalue weighted by Gasteiger charge is -2.15. The highest BCUT2D eigenvalue weighted by Crippen LogP contribution is 2.19. The van der Waals surface area contributed by atoms with Crippen LogP contribution < -0.4 is 17.0 Å². The summed E-state index contributed by atoms with van der Waals surface area (Å²) in [6.07, 6.45) is 0.233. The Morgan fingerprint density at radius 2 is 2.11 bits per heavy atom. The van der Waals surface area contributed by atoms with E-state index in [0.29, 0.717) is 12.0 Å². The van der Waals surface area contributed by atoms with E-state index in [4.69, 9.17) is 19.9 Å². The highest BCUT2D eigenvalue weighted by atomic mass is 16.7. The summed E-state index contributed by atoms with van der Waals surface area (Å²) in [5.74, 6) is -0.563. The number of hydrogen-bond donors (Lipinski definition) is 2. The topological polar surface area (TPSA) is 126 Å². The lowest BCUT2D eigenvalue weighted by Crippen LogP contribution is -2.36. The molecule has 0 radical (unpaired) electrons. The fourth-order valence-electron chi connectivity index (χ4n) is 2.69. The average molecular weight is 375 g/mol. The van der Waals surface area contributed by atoms with Gasteiger partial charge in [0.2, 0.25) is 0 Å². The highest BCUT2D eigenvalue weighted by molar-refractivity contribution is 5.75. The van der Waals surface area contributed by atoms with E-state index in [0.717, 1.165) is 5.56 Å². The van der Waals surface area contributed by atoms with Crippen LogP contribution in [0.2, 0.25) is 0 Å². The van der Waals surface area contributed by atoms with Crippen LogP contribution >= 0.6 is 0 Å². The molecule has 1 saturated heterocycles. The first-order valence-electron chi connectivity index (χ1n) is 8.49. The summed E-state index contributed by atoms with van der Waals surface area (Å²) < 4.78 is 17.4. The maximum atomic E-state index is 12.0. The quantitative estimate of drug-likeness (QED) is 0.671. The molecule has 9 heteroatoms. The third kappa shape index (κ3) is 4.70. The van der Waals surface area contributed by atoms with Gasteiger partial charge in [0.25, 0.3) is 5.56 Å². The largest absolute Gasteiger partial charge is 0.459 e. The number of carbonyl (C=O) groups excluding carboxylic acids is 1. The van der Waals surface area contributed by atoms with Crippen LogP contribution in [0.3, 0.4) is 0 Å². The van der Waals surface area contributed by atoms with E-state index in [1.165, 1.54) is 10.8 Å². The van der Waals surface area contributed by atoms with Gasteiger partial charge in [0, 0.05) is 11.8 Å². The zero-order valence-electron chi connectivity index (χ0n) is 14.8. The highest BCUT2D eigenvalue weighted by Gasteiger charge is 2.30. The van der Waals surface area contributed by atoms with E-state index in [1.54, 1.807) is 6.92 Å². The Morgan fingerprint density at radius 1 is 1.37 bits per heavy atom. The van der Waals surface area contributed by atoms with E-state index < -0.39 is 35.8 Å². The molecule has 27 heavy (non-hydrogen) atoms. The number of benzene rings is 1. The number of aryl methyl sites for hydroxylation is 1. The molecule has 0 aliphatic carbocycles. The van der Waals surface area contributed by atoms with Gasteiger partial charge in [0.05, 0.1) is 6.61 Å². The van der Waals surface area contributed by atoms with Crippen LogP contribution in [0.5, 0.6) is 0 Å². The van der Waals surface area contributed by atoms with Gasteiger partial charge in [-0.25, -0.2) is 4.79 Å². The van der Waals surface area contributed by atoms with Crippen molar-refractivity contribution in [2.45, 2.75) is 31.9 Å². The summed E-state index contributed by atoms with van der Waals surface area (Å²) in [7, 11) is 0. The molecule has 1 aromatic carbocycles. The number of nitrogens with zero attached hydrogens (tertiary/aromatic N) is 1. The average Bonchev–Trinajstić information content (AvgIpc) is 3.12. The second kappa shape index (κ2) is 8.30. The second-order valence-electron chi connectivity index (χ2n) is 6.26. The van der Waals surface area contributed by atoms with Gasteiger partial charge < -0.3 is 19.9 Å². The molecule has 0 spiro atoms. The van der Waals surface area contributed by atoms with Crippen molar-refractivity contribution in [1.29, 1.82) is 0 Å². The van der Waals surface area contributed by atoms with Crippen molar-refractivity contribution in [1.82, 2.24) is 9.55 Å². The van der Waals surface area contributed by atoms with Gasteiger partial charge >= 0.3 is 11.7 Å². The maximum Gasteiger partial charge on any atom is 0.330 e. The Morgan fingerprint density at radius 3 is 2.85 bits per heavy atom. The van der Waals surface area contributed by atoms with Crippen LogP contribution in [0.1, 0.15) is 17.4 Å². The molecule has 1 aliphatic rings. The van der Waals surface area contributed by atoms with Crippen LogP contribution in [-0.2, 0) is 25.4 Å². The van der Waals surface area contributed by atoms with Crippen LogP contribution in [0.25, 0.3) is 0 Å². The first kappa shape index (κ1) is 19.0.